The second-order valence-electron chi connectivity index (χ2n) is 19.9. The molecule has 0 saturated heterocycles. The fraction of sp³-hybridized carbons (Fsp3) is 0.638. The van der Waals surface area contributed by atoms with Gasteiger partial charge in [-0.25, -0.2) is 0 Å². The monoisotopic (exact) mass is 1040 g/mol. The third-order valence-electron chi connectivity index (χ3n) is 12.7. The van der Waals surface area contributed by atoms with Crippen LogP contribution in [0.1, 0.15) is 265 Å². The van der Waals surface area contributed by atoms with Crippen LogP contribution in [0.3, 0.4) is 0 Å². The van der Waals surface area contributed by atoms with Crippen molar-refractivity contribution in [2.45, 2.75) is 271 Å². The number of allylic oxidation sites excluding steroid dienone is 22. The molecule has 1 unspecified atom stereocenters. The number of carbonyl (C=O) groups excluding carboxylic acids is 3. The summed E-state index contributed by atoms with van der Waals surface area (Å²) in [5, 5.41) is 0. The molecule has 424 valence electrons. The van der Waals surface area contributed by atoms with Crippen molar-refractivity contribution in [1.82, 2.24) is 0 Å². The van der Waals surface area contributed by atoms with Crippen LogP contribution in [-0.4, -0.2) is 37.2 Å². The van der Waals surface area contributed by atoms with Gasteiger partial charge in [0.2, 0.25) is 0 Å². The van der Waals surface area contributed by atoms with Gasteiger partial charge >= 0.3 is 17.9 Å². The van der Waals surface area contributed by atoms with E-state index in [9.17, 15) is 14.4 Å². The summed E-state index contributed by atoms with van der Waals surface area (Å²) < 4.78 is 16.8. The highest BCUT2D eigenvalue weighted by Crippen LogP contribution is 2.16. The van der Waals surface area contributed by atoms with E-state index in [0.717, 1.165) is 109 Å². The topological polar surface area (TPSA) is 78.9 Å². The Morgan fingerprint density at radius 2 is 0.533 bits per heavy atom. The third kappa shape index (κ3) is 60.3. The lowest BCUT2D eigenvalue weighted by atomic mass is 10.0. The van der Waals surface area contributed by atoms with Gasteiger partial charge in [0.05, 0.1) is 0 Å². The minimum atomic E-state index is -0.823. The number of esters is 3. The molecule has 0 saturated carbocycles. The predicted octanol–water partition coefficient (Wildman–Crippen LogP) is 21.0. The summed E-state index contributed by atoms with van der Waals surface area (Å²) in [5.41, 5.74) is 0. The zero-order valence-corrected chi connectivity index (χ0v) is 48.5. The summed E-state index contributed by atoms with van der Waals surface area (Å²) in [6.45, 7) is 6.34. The van der Waals surface area contributed by atoms with Gasteiger partial charge in [-0.15, -0.1) is 0 Å². The Balaban J connectivity index is 4.52. The largest absolute Gasteiger partial charge is 0.462 e. The van der Waals surface area contributed by atoms with E-state index >= 15 is 0 Å². The van der Waals surface area contributed by atoms with Crippen molar-refractivity contribution >= 4 is 17.9 Å². The van der Waals surface area contributed by atoms with Gasteiger partial charge in [0.1, 0.15) is 13.2 Å². The average Bonchev–Trinajstić information content (AvgIpc) is 3.41. The van der Waals surface area contributed by atoms with Crippen molar-refractivity contribution < 1.29 is 28.6 Å². The van der Waals surface area contributed by atoms with Crippen molar-refractivity contribution in [2.24, 2.45) is 0 Å². The normalized spacial score (nSPS) is 13.1. The molecule has 0 amide bonds. The summed E-state index contributed by atoms with van der Waals surface area (Å²) in [7, 11) is 0. The maximum atomic E-state index is 12.9. The van der Waals surface area contributed by atoms with Crippen LogP contribution in [0, 0.1) is 0 Å². The van der Waals surface area contributed by atoms with E-state index in [2.05, 4.69) is 154 Å². The van der Waals surface area contributed by atoms with E-state index in [-0.39, 0.29) is 37.5 Å². The second-order valence-corrected chi connectivity index (χ2v) is 19.9. The van der Waals surface area contributed by atoms with Crippen LogP contribution in [0.25, 0.3) is 0 Å². The highest BCUT2D eigenvalue weighted by Gasteiger charge is 2.19. The molecule has 0 aromatic carbocycles. The highest BCUT2D eigenvalue weighted by molar-refractivity contribution is 5.71. The molecule has 6 heteroatoms. The van der Waals surface area contributed by atoms with Crippen LogP contribution in [0.4, 0.5) is 0 Å². The van der Waals surface area contributed by atoms with E-state index in [1.807, 2.05) is 0 Å². The molecule has 0 aliphatic rings. The van der Waals surface area contributed by atoms with E-state index in [1.165, 1.54) is 103 Å². The van der Waals surface area contributed by atoms with Gasteiger partial charge in [0, 0.05) is 19.3 Å². The Kier molecular flexibility index (Phi) is 58.4. The molecule has 0 bridgehead atoms. The Morgan fingerprint density at radius 3 is 0.867 bits per heavy atom. The zero-order chi connectivity index (χ0) is 54.3. The summed E-state index contributed by atoms with van der Waals surface area (Å²) in [6.07, 6.45) is 87.5. The molecule has 0 aromatic heterocycles. The molecular formula is C69H112O6. The highest BCUT2D eigenvalue weighted by atomic mass is 16.6. The maximum absolute atomic E-state index is 12.9. The first-order valence-electron chi connectivity index (χ1n) is 30.7. The van der Waals surface area contributed by atoms with Crippen molar-refractivity contribution in [3.05, 3.63) is 134 Å². The van der Waals surface area contributed by atoms with Gasteiger partial charge in [-0.2, -0.15) is 0 Å². The van der Waals surface area contributed by atoms with Gasteiger partial charge in [-0.05, 0) is 109 Å². The van der Waals surface area contributed by atoms with Gasteiger partial charge in [0.25, 0.3) is 0 Å². The lowest BCUT2D eigenvalue weighted by Crippen LogP contribution is -2.30. The third-order valence-corrected chi connectivity index (χ3v) is 12.7. The molecule has 75 heavy (non-hydrogen) atoms. The fourth-order valence-corrected chi connectivity index (χ4v) is 8.13. The molecule has 0 heterocycles. The maximum Gasteiger partial charge on any atom is 0.306 e. The smallest absolute Gasteiger partial charge is 0.306 e. The van der Waals surface area contributed by atoms with Crippen molar-refractivity contribution in [3.8, 4) is 0 Å². The second kappa shape index (κ2) is 62.1. The molecule has 1 atom stereocenters. The average molecular weight is 1040 g/mol. The van der Waals surface area contributed by atoms with Crippen LogP contribution in [0.15, 0.2) is 134 Å². The van der Waals surface area contributed by atoms with Crippen molar-refractivity contribution in [2.75, 3.05) is 13.2 Å². The van der Waals surface area contributed by atoms with Crippen molar-refractivity contribution in [3.63, 3.8) is 0 Å². The van der Waals surface area contributed by atoms with E-state index < -0.39 is 6.10 Å². The van der Waals surface area contributed by atoms with Crippen molar-refractivity contribution in [1.29, 1.82) is 0 Å². The van der Waals surface area contributed by atoms with Crippen LogP contribution in [0.5, 0.6) is 0 Å². The lowest BCUT2D eigenvalue weighted by Gasteiger charge is -2.18. The predicted molar refractivity (Wildman–Crippen MR) is 325 cm³/mol. The molecule has 0 aliphatic heterocycles. The zero-order valence-electron chi connectivity index (χ0n) is 48.5. The SMILES string of the molecule is CC/C=C\C/C=C\C/C=C\C/C=C\C/C=C\C/C=C\C/C=C\CCCC(=O)OCC(COC(=O)CCCC/C=C\C/C=C\C/C=C\C/C=C\CC)OC(=O)CCCCCCCCCCCCCCCCCCCCC. The number of hydrogen-bond donors (Lipinski definition) is 0. The summed E-state index contributed by atoms with van der Waals surface area (Å²) >= 11 is 0. The summed E-state index contributed by atoms with van der Waals surface area (Å²) in [6, 6.07) is 0. The quantitative estimate of drug-likeness (QED) is 0.0261. The Labute approximate surface area is 462 Å². The molecule has 0 aromatic rings. The minimum absolute atomic E-state index is 0.120. The summed E-state index contributed by atoms with van der Waals surface area (Å²) in [4.78, 5) is 38.2. The Morgan fingerprint density at radius 1 is 0.280 bits per heavy atom. The first-order chi connectivity index (χ1) is 37.0. The van der Waals surface area contributed by atoms with Crippen LogP contribution in [0.2, 0.25) is 0 Å². The standard InChI is InChI=1S/C69H112O6/c1-4-7-10-13-16-19-22-25-28-30-32-33-34-35-37-38-41-44-47-50-53-56-59-62-68(71)74-65-66(64-73-67(70)61-58-55-52-49-46-43-40-27-24-21-18-15-12-9-6-3)75-69(72)63-60-57-54-51-48-45-42-39-36-31-29-26-23-20-17-14-11-8-5-2/h7,9-10,12,16,18-19,21,25,27-28,32-33,35,37,40-41,44,46,49-50,53,66H,4-6,8,11,13-15,17,20,22-24,26,29-31,34,36,38-39,42-43,45,47-48,51-52,54-65H2,1-3H3/b10-7-,12-9-,19-16-,21-18-,28-25-,33-32-,37-35-,40-27-,44-41-,49-46-,53-50-. The molecule has 0 fully saturated rings. The first kappa shape index (κ1) is 70.5. The van der Waals surface area contributed by atoms with Crippen LogP contribution >= 0.6 is 0 Å². The van der Waals surface area contributed by atoms with Crippen LogP contribution in [-0.2, 0) is 28.6 Å². The van der Waals surface area contributed by atoms with E-state index in [1.54, 1.807) is 0 Å². The van der Waals surface area contributed by atoms with E-state index in [0.29, 0.717) is 25.7 Å². The molecule has 0 rings (SSSR count). The Hall–Kier alpha value is -4.45. The molecule has 0 aliphatic carbocycles. The Bertz CT molecular complexity index is 1620. The van der Waals surface area contributed by atoms with Gasteiger partial charge < -0.3 is 14.2 Å². The number of ether oxygens (including phenoxy) is 3. The number of carbonyl (C=O) groups is 3. The summed E-state index contributed by atoms with van der Waals surface area (Å²) in [5.74, 6) is -1.02. The van der Waals surface area contributed by atoms with Gasteiger partial charge in [-0.3, -0.25) is 14.4 Å². The number of hydrogen-bond acceptors (Lipinski definition) is 6. The number of rotatable bonds is 54. The molecule has 0 N–H and O–H groups in total. The molecule has 0 radical (unpaired) electrons. The minimum Gasteiger partial charge on any atom is -0.462 e. The first-order valence-corrected chi connectivity index (χ1v) is 30.7. The number of unbranched alkanes of at least 4 members (excludes halogenated alkanes) is 21. The van der Waals surface area contributed by atoms with Gasteiger partial charge in [-0.1, -0.05) is 270 Å². The van der Waals surface area contributed by atoms with Gasteiger partial charge in [0.15, 0.2) is 6.10 Å². The lowest BCUT2D eigenvalue weighted by molar-refractivity contribution is -0.167. The molecular weight excluding hydrogens is 925 g/mol. The van der Waals surface area contributed by atoms with Crippen LogP contribution < -0.4 is 0 Å². The molecule has 0 spiro atoms. The molecule has 6 nitrogen and oxygen atoms in total. The fourth-order valence-electron chi connectivity index (χ4n) is 8.13. The van der Waals surface area contributed by atoms with E-state index in [4.69, 9.17) is 14.2 Å².